The van der Waals surface area contributed by atoms with Gasteiger partial charge in [0, 0.05) is 17.2 Å². The zero-order chi connectivity index (χ0) is 24.2. The lowest BCUT2D eigenvalue weighted by molar-refractivity contribution is 0.246. The van der Waals surface area contributed by atoms with E-state index < -0.39 is 0 Å². The number of fused-ring (bicyclic) bond motifs is 3. The number of hydrogen-bond donors (Lipinski definition) is 1. The first-order chi connectivity index (χ1) is 17.8. The van der Waals surface area contributed by atoms with Gasteiger partial charge in [-0.2, -0.15) is 0 Å². The van der Waals surface area contributed by atoms with Crippen LogP contribution in [0.4, 0.5) is 5.69 Å². The van der Waals surface area contributed by atoms with Crippen molar-refractivity contribution in [2.45, 2.75) is 63.5 Å². The lowest BCUT2D eigenvalue weighted by Crippen LogP contribution is -2.29. The Bertz CT molecular complexity index is 1180. The second kappa shape index (κ2) is 10.8. The Morgan fingerprint density at radius 3 is 2.53 bits per heavy atom. The quantitative estimate of drug-likeness (QED) is 0.329. The molecule has 36 heavy (non-hydrogen) atoms. The number of benzene rings is 3. The molecule has 3 atom stereocenters. The Labute approximate surface area is 215 Å². The molecular weight excluding hydrogens is 442 g/mol. The highest BCUT2D eigenvalue weighted by molar-refractivity contribution is 5.62. The molecule has 0 aromatic heterocycles. The first kappa shape index (κ1) is 23.2. The summed E-state index contributed by atoms with van der Waals surface area (Å²) in [4.78, 5) is 0. The zero-order valence-corrected chi connectivity index (χ0v) is 21.1. The molecule has 0 saturated heterocycles. The number of rotatable bonds is 8. The molecule has 1 fully saturated rings. The Balaban J connectivity index is 1.18. The van der Waals surface area contributed by atoms with E-state index in [1.165, 1.54) is 60.9 Å². The highest BCUT2D eigenvalue weighted by Gasteiger charge is 2.39. The van der Waals surface area contributed by atoms with Gasteiger partial charge in [-0.05, 0) is 60.1 Å². The lowest BCUT2D eigenvalue weighted by atomic mass is 9.77. The van der Waals surface area contributed by atoms with Crippen LogP contribution in [0.3, 0.4) is 0 Å². The van der Waals surface area contributed by atoms with Crippen LogP contribution in [0.25, 0.3) is 0 Å². The molecule has 186 valence electrons. The highest BCUT2D eigenvalue weighted by atomic mass is 16.5. The van der Waals surface area contributed by atoms with Gasteiger partial charge in [-0.1, -0.05) is 92.8 Å². The van der Waals surface area contributed by atoms with Gasteiger partial charge >= 0.3 is 0 Å². The monoisotopic (exact) mass is 479 g/mol. The number of nitrogens with one attached hydrogen (secondary N) is 1. The largest absolute Gasteiger partial charge is 0.494 e. The van der Waals surface area contributed by atoms with Crippen molar-refractivity contribution in [2.75, 3.05) is 11.9 Å². The summed E-state index contributed by atoms with van der Waals surface area (Å²) >= 11 is 0. The topological polar surface area (TPSA) is 30.5 Å². The van der Waals surface area contributed by atoms with Crippen molar-refractivity contribution >= 4 is 5.69 Å². The maximum Gasteiger partial charge on any atom is 0.125 e. The van der Waals surface area contributed by atoms with Crippen molar-refractivity contribution < 1.29 is 9.47 Å². The average Bonchev–Trinajstić information content (AvgIpc) is 3.44. The molecule has 3 heteroatoms. The van der Waals surface area contributed by atoms with Gasteiger partial charge in [-0.15, -0.1) is 0 Å². The first-order valence-corrected chi connectivity index (χ1v) is 13.8. The maximum atomic E-state index is 6.35. The van der Waals surface area contributed by atoms with Crippen molar-refractivity contribution in [3.8, 4) is 11.5 Å². The van der Waals surface area contributed by atoms with Gasteiger partial charge < -0.3 is 14.8 Å². The molecule has 1 heterocycles. The van der Waals surface area contributed by atoms with E-state index in [0.717, 1.165) is 30.4 Å². The molecule has 0 amide bonds. The van der Waals surface area contributed by atoms with Crippen LogP contribution in [0.2, 0.25) is 0 Å². The highest BCUT2D eigenvalue weighted by Crippen LogP contribution is 2.51. The molecule has 6 rings (SSSR count). The SMILES string of the molecule is C1=CC2c3cc(OCCC4CCCCC4)ccc3NC(c3ccccc3OCc3ccccc3)C2C1. The number of allylic oxidation sites excluding steroid dienone is 2. The second-order valence-corrected chi connectivity index (χ2v) is 10.7. The van der Waals surface area contributed by atoms with Crippen LogP contribution in [0.1, 0.15) is 73.6 Å². The second-order valence-electron chi connectivity index (χ2n) is 10.7. The van der Waals surface area contributed by atoms with Gasteiger partial charge in [0.05, 0.1) is 12.6 Å². The Morgan fingerprint density at radius 1 is 0.806 bits per heavy atom. The number of para-hydroxylation sites is 1. The predicted octanol–water partition coefficient (Wildman–Crippen LogP) is 8.44. The third-order valence-corrected chi connectivity index (χ3v) is 8.35. The average molecular weight is 480 g/mol. The Kier molecular flexibility index (Phi) is 6.98. The molecule has 3 aliphatic rings. The molecule has 3 nitrogen and oxygen atoms in total. The fourth-order valence-corrected chi connectivity index (χ4v) is 6.39. The van der Waals surface area contributed by atoms with E-state index in [0.29, 0.717) is 18.4 Å². The fraction of sp³-hybridized carbons (Fsp3) is 0.394. The van der Waals surface area contributed by atoms with Crippen LogP contribution in [0, 0.1) is 11.8 Å². The third-order valence-electron chi connectivity index (χ3n) is 8.35. The van der Waals surface area contributed by atoms with E-state index in [9.17, 15) is 0 Å². The van der Waals surface area contributed by atoms with Crippen molar-refractivity contribution in [3.05, 3.63) is 102 Å². The summed E-state index contributed by atoms with van der Waals surface area (Å²) < 4.78 is 12.6. The fourth-order valence-electron chi connectivity index (χ4n) is 6.39. The molecule has 1 aliphatic heterocycles. The van der Waals surface area contributed by atoms with E-state index >= 15 is 0 Å². The summed E-state index contributed by atoms with van der Waals surface area (Å²) in [6, 6.07) is 25.8. The minimum atomic E-state index is 0.211. The van der Waals surface area contributed by atoms with Crippen LogP contribution in [-0.4, -0.2) is 6.61 Å². The molecule has 3 aromatic rings. The standard InChI is InChI=1S/C33H37NO2/c1-3-10-24(11-4-1)20-21-35-26-18-19-31-30(22-26)27-15-9-16-28(27)33(34-31)29-14-7-8-17-32(29)36-23-25-12-5-2-6-13-25/h2,5-9,12-15,17-19,22,24,27-28,33-34H,1,3-4,10-11,16,20-21,23H2. The number of hydrogen-bond acceptors (Lipinski definition) is 3. The van der Waals surface area contributed by atoms with Crippen LogP contribution in [0.5, 0.6) is 11.5 Å². The summed E-state index contributed by atoms with van der Waals surface area (Å²) in [5, 5.41) is 3.88. The van der Waals surface area contributed by atoms with Crippen LogP contribution in [0.15, 0.2) is 84.9 Å². The summed E-state index contributed by atoms with van der Waals surface area (Å²) in [6.07, 6.45) is 14.0. The molecule has 3 unspecified atom stereocenters. The van der Waals surface area contributed by atoms with Crippen LogP contribution >= 0.6 is 0 Å². The molecule has 0 bridgehead atoms. The summed E-state index contributed by atoms with van der Waals surface area (Å²) in [7, 11) is 0. The molecule has 0 spiro atoms. The van der Waals surface area contributed by atoms with Gasteiger partial charge in [0.25, 0.3) is 0 Å². The predicted molar refractivity (Wildman–Crippen MR) is 147 cm³/mol. The summed E-state index contributed by atoms with van der Waals surface area (Å²) in [5.41, 5.74) is 5.00. The smallest absolute Gasteiger partial charge is 0.125 e. The summed E-state index contributed by atoms with van der Waals surface area (Å²) in [5.74, 6) is 3.70. The normalized spacial score (nSPS) is 22.9. The first-order valence-electron chi connectivity index (χ1n) is 13.8. The van der Waals surface area contributed by atoms with Gasteiger partial charge in [-0.3, -0.25) is 0 Å². The number of anilines is 1. The minimum absolute atomic E-state index is 0.211. The maximum absolute atomic E-state index is 6.35. The molecule has 1 N–H and O–H groups in total. The minimum Gasteiger partial charge on any atom is -0.494 e. The van der Waals surface area contributed by atoms with Gasteiger partial charge in [0.1, 0.15) is 18.1 Å². The Morgan fingerprint density at radius 2 is 1.64 bits per heavy atom. The van der Waals surface area contributed by atoms with Gasteiger partial charge in [0.15, 0.2) is 0 Å². The van der Waals surface area contributed by atoms with Crippen LogP contribution < -0.4 is 14.8 Å². The molecule has 0 radical (unpaired) electrons. The van der Waals surface area contributed by atoms with E-state index in [4.69, 9.17) is 9.47 Å². The molecule has 3 aromatic carbocycles. The van der Waals surface area contributed by atoms with Gasteiger partial charge in [-0.25, -0.2) is 0 Å². The van der Waals surface area contributed by atoms with Crippen molar-refractivity contribution in [1.82, 2.24) is 0 Å². The molecular formula is C33H37NO2. The van der Waals surface area contributed by atoms with E-state index in [2.05, 4.69) is 84.2 Å². The van der Waals surface area contributed by atoms with Crippen molar-refractivity contribution in [1.29, 1.82) is 0 Å². The Hall–Kier alpha value is -3.20. The lowest BCUT2D eigenvalue weighted by Gasteiger charge is -2.38. The van der Waals surface area contributed by atoms with E-state index in [1.807, 2.05) is 6.07 Å². The number of ether oxygens (including phenoxy) is 2. The zero-order valence-electron chi connectivity index (χ0n) is 21.1. The summed E-state index contributed by atoms with van der Waals surface area (Å²) in [6.45, 7) is 1.41. The molecule has 2 aliphatic carbocycles. The molecule has 1 saturated carbocycles. The third kappa shape index (κ3) is 5.02. The van der Waals surface area contributed by atoms with Crippen molar-refractivity contribution in [3.63, 3.8) is 0 Å². The van der Waals surface area contributed by atoms with Crippen molar-refractivity contribution in [2.24, 2.45) is 11.8 Å². The van der Waals surface area contributed by atoms with E-state index in [-0.39, 0.29) is 6.04 Å². The van der Waals surface area contributed by atoms with E-state index in [1.54, 1.807) is 0 Å². The van der Waals surface area contributed by atoms with Gasteiger partial charge in [0.2, 0.25) is 0 Å². The van der Waals surface area contributed by atoms with Crippen LogP contribution in [-0.2, 0) is 6.61 Å².